The smallest absolute Gasteiger partial charge is 0.310 e. The number of fused-ring (bicyclic) bond motifs is 2. The standard InChI is InChI=1S/C11H14O3/c1-2-14-11(13)10-8-4-3-7(5-8)9(10)6-12/h3-4,6-10H,2,5H2,1H3/t7-,8+,9+,10+/m1/s1. The minimum absolute atomic E-state index is 0.149. The van der Waals surface area contributed by atoms with Crippen molar-refractivity contribution in [1.29, 1.82) is 0 Å². The number of allylic oxidation sites excluding steroid dienone is 2. The fourth-order valence-electron chi connectivity index (χ4n) is 2.62. The molecule has 1 saturated carbocycles. The van der Waals surface area contributed by atoms with E-state index in [1.807, 2.05) is 6.08 Å². The van der Waals surface area contributed by atoms with Crippen LogP contribution < -0.4 is 0 Å². The molecule has 4 atom stereocenters. The van der Waals surface area contributed by atoms with Crippen LogP contribution in [0.15, 0.2) is 12.2 Å². The number of carbonyl (C=O) groups is 2. The van der Waals surface area contributed by atoms with Crippen molar-refractivity contribution in [3.05, 3.63) is 12.2 Å². The molecule has 1 fully saturated rings. The Labute approximate surface area is 83.1 Å². The zero-order valence-electron chi connectivity index (χ0n) is 8.18. The summed E-state index contributed by atoms with van der Waals surface area (Å²) in [4.78, 5) is 22.5. The van der Waals surface area contributed by atoms with Crippen LogP contribution in [0.4, 0.5) is 0 Å². The van der Waals surface area contributed by atoms with Gasteiger partial charge in [0.05, 0.1) is 12.5 Å². The third kappa shape index (κ3) is 1.27. The first-order valence-corrected chi connectivity index (χ1v) is 5.08. The van der Waals surface area contributed by atoms with E-state index in [1.54, 1.807) is 6.92 Å². The van der Waals surface area contributed by atoms with Gasteiger partial charge in [0.15, 0.2) is 0 Å². The molecule has 0 aromatic rings. The predicted molar refractivity (Wildman–Crippen MR) is 50.4 cm³/mol. The number of carbonyl (C=O) groups excluding carboxylic acids is 2. The molecule has 0 aliphatic heterocycles. The Hall–Kier alpha value is -1.12. The third-order valence-corrected chi connectivity index (χ3v) is 3.24. The Balaban J connectivity index is 2.14. The molecule has 2 rings (SSSR count). The van der Waals surface area contributed by atoms with E-state index in [0.717, 1.165) is 12.7 Å². The molecule has 14 heavy (non-hydrogen) atoms. The van der Waals surface area contributed by atoms with Gasteiger partial charge in [0.1, 0.15) is 6.29 Å². The van der Waals surface area contributed by atoms with Gasteiger partial charge in [-0.1, -0.05) is 12.2 Å². The molecule has 0 unspecified atom stereocenters. The van der Waals surface area contributed by atoms with Crippen LogP contribution in [0.5, 0.6) is 0 Å². The maximum absolute atomic E-state index is 11.6. The van der Waals surface area contributed by atoms with Crippen LogP contribution in [0.1, 0.15) is 13.3 Å². The molecular weight excluding hydrogens is 180 g/mol. The Morgan fingerprint density at radius 1 is 1.50 bits per heavy atom. The summed E-state index contributed by atoms with van der Waals surface area (Å²) in [6, 6.07) is 0. The van der Waals surface area contributed by atoms with Crippen molar-refractivity contribution in [3.8, 4) is 0 Å². The summed E-state index contributed by atoms with van der Waals surface area (Å²) >= 11 is 0. The normalized spacial score (nSPS) is 38.6. The van der Waals surface area contributed by atoms with E-state index < -0.39 is 0 Å². The third-order valence-electron chi connectivity index (χ3n) is 3.24. The maximum atomic E-state index is 11.6. The van der Waals surface area contributed by atoms with Crippen LogP contribution in [0.3, 0.4) is 0 Å². The highest BCUT2D eigenvalue weighted by Crippen LogP contribution is 2.47. The molecule has 2 aliphatic carbocycles. The van der Waals surface area contributed by atoms with Gasteiger partial charge >= 0.3 is 5.97 Å². The van der Waals surface area contributed by atoms with Crippen LogP contribution in [0, 0.1) is 23.7 Å². The summed E-state index contributed by atoms with van der Waals surface area (Å²) in [6.07, 6.45) is 5.95. The van der Waals surface area contributed by atoms with Gasteiger partial charge in [0.2, 0.25) is 0 Å². The van der Waals surface area contributed by atoms with Crippen molar-refractivity contribution in [2.75, 3.05) is 6.61 Å². The Morgan fingerprint density at radius 3 is 2.86 bits per heavy atom. The number of aldehydes is 1. The largest absolute Gasteiger partial charge is 0.466 e. The lowest BCUT2D eigenvalue weighted by molar-refractivity contribution is -0.151. The van der Waals surface area contributed by atoms with Crippen molar-refractivity contribution in [1.82, 2.24) is 0 Å². The summed E-state index contributed by atoms with van der Waals surface area (Å²) in [5, 5.41) is 0. The Bertz CT molecular complexity index is 282. The summed E-state index contributed by atoms with van der Waals surface area (Å²) in [5.41, 5.74) is 0. The lowest BCUT2D eigenvalue weighted by Crippen LogP contribution is -2.30. The molecule has 76 valence electrons. The summed E-state index contributed by atoms with van der Waals surface area (Å²) in [7, 11) is 0. The lowest BCUT2D eigenvalue weighted by Gasteiger charge is -2.21. The molecule has 3 nitrogen and oxygen atoms in total. The van der Waals surface area contributed by atoms with E-state index in [9.17, 15) is 9.59 Å². The second-order valence-electron chi connectivity index (χ2n) is 3.94. The van der Waals surface area contributed by atoms with E-state index in [2.05, 4.69) is 6.08 Å². The van der Waals surface area contributed by atoms with Crippen LogP contribution >= 0.6 is 0 Å². The number of hydrogen-bond acceptors (Lipinski definition) is 3. The molecule has 2 aliphatic rings. The summed E-state index contributed by atoms with van der Waals surface area (Å²) in [6.45, 7) is 2.18. The van der Waals surface area contributed by atoms with Gasteiger partial charge in [0, 0.05) is 5.92 Å². The molecular formula is C11H14O3. The summed E-state index contributed by atoms with van der Waals surface area (Å²) < 4.78 is 4.98. The van der Waals surface area contributed by atoms with Crippen LogP contribution in [0.2, 0.25) is 0 Å². The van der Waals surface area contributed by atoms with Gasteiger partial charge in [-0.25, -0.2) is 0 Å². The van der Waals surface area contributed by atoms with E-state index in [0.29, 0.717) is 6.61 Å². The molecule has 2 bridgehead atoms. The molecule has 0 amide bonds. The highest BCUT2D eigenvalue weighted by molar-refractivity contribution is 5.79. The maximum Gasteiger partial charge on any atom is 0.310 e. The first-order valence-electron chi connectivity index (χ1n) is 5.08. The van der Waals surface area contributed by atoms with Gasteiger partial charge in [-0.2, -0.15) is 0 Å². The van der Waals surface area contributed by atoms with Crippen LogP contribution in [0.25, 0.3) is 0 Å². The topological polar surface area (TPSA) is 43.4 Å². The highest BCUT2D eigenvalue weighted by Gasteiger charge is 2.48. The highest BCUT2D eigenvalue weighted by atomic mass is 16.5. The number of rotatable bonds is 3. The van der Waals surface area contributed by atoms with Crippen molar-refractivity contribution in [2.24, 2.45) is 23.7 Å². The van der Waals surface area contributed by atoms with E-state index in [-0.39, 0.29) is 29.6 Å². The van der Waals surface area contributed by atoms with Gasteiger partial charge in [-0.3, -0.25) is 4.79 Å². The van der Waals surface area contributed by atoms with Crippen molar-refractivity contribution < 1.29 is 14.3 Å². The average molecular weight is 194 g/mol. The van der Waals surface area contributed by atoms with Crippen LogP contribution in [-0.2, 0) is 14.3 Å². The zero-order valence-corrected chi connectivity index (χ0v) is 8.18. The molecule has 0 N–H and O–H groups in total. The number of ether oxygens (including phenoxy) is 1. The van der Waals surface area contributed by atoms with Gasteiger partial charge in [-0.05, 0) is 25.2 Å². The molecule has 0 saturated heterocycles. The molecule has 3 heteroatoms. The SMILES string of the molecule is CCOC(=O)[C@@H]1[C@@H](C=O)[C@@H]2C=C[C@H]1C2. The fourth-order valence-corrected chi connectivity index (χ4v) is 2.62. The fraction of sp³-hybridized carbons (Fsp3) is 0.636. The minimum atomic E-state index is -0.220. The zero-order chi connectivity index (χ0) is 10.1. The van der Waals surface area contributed by atoms with Gasteiger partial charge in [0.25, 0.3) is 0 Å². The number of esters is 1. The quantitative estimate of drug-likeness (QED) is 0.385. The average Bonchev–Trinajstić information content (AvgIpc) is 2.76. The van der Waals surface area contributed by atoms with Crippen molar-refractivity contribution in [3.63, 3.8) is 0 Å². The molecule has 0 spiro atoms. The lowest BCUT2D eigenvalue weighted by atomic mass is 9.84. The van der Waals surface area contributed by atoms with Crippen molar-refractivity contribution >= 4 is 12.3 Å². The Morgan fingerprint density at radius 2 is 2.21 bits per heavy atom. The summed E-state index contributed by atoms with van der Waals surface area (Å²) in [5.74, 6) is -0.0749. The monoisotopic (exact) mass is 194 g/mol. The second kappa shape index (κ2) is 3.56. The van der Waals surface area contributed by atoms with Gasteiger partial charge < -0.3 is 9.53 Å². The van der Waals surface area contributed by atoms with Gasteiger partial charge in [-0.15, -0.1) is 0 Å². The number of hydrogen-bond donors (Lipinski definition) is 0. The molecule has 0 heterocycles. The first-order chi connectivity index (χ1) is 6.77. The van der Waals surface area contributed by atoms with Crippen LogP contribution in [-0.4, -0.2) is 18.9 Å². The molecule has 0 aromatic carbocycles. The van der Waals surface area contributed by atoms with Crippen molar-refractivity contribution in [2.45, 2.75) is 13.3 Å². The van der Waals surface area contributed by atoms with E-state index in [1.165, 1.54) is 0 Å². The minimum Gasteiger partial charge on any atom is -0.466 e. The van der Waals surface area contributed by atoms with E-state index in [4.69, 9.17) is 4.74 Å². The first kappa shape index (κ1) is 9.44. The Kier molecular flexibility index (Phi) is 2.40. The predicted octanol–water partition coefficient (Wildman–Crippen LogP) is 1.19. The second-order valence-corrected chi connectivity index (χ2v) is 3.94. The van der Waals surface area contributed by atoms with E-state index >= 15 is 0 Å². The molecule has 0 radical (unpaired) electrons. The molecule has 0 aromatic heterocycles.